The maximum atomic E-state index is 5.47. The molecule has 0 amide bonds. The van der Waals surface area contributed by atoms with Gasteiger partial charge < -0.3 is 5.73 Å². The van der Waals surface area contributed by atoms with E-state index in [-0.39, 0.29) is 21.1 Å². The van der Waals surface area contributed by atoms with Crippen LogP contribution in [0.4, 0.5) is 5.82 Å². The molecular formula is C8H11N2W-. The van der Waals surface area contributed by atoms with E-state index in [1.54, 1.807) is 6.20 Å². The van der Waals surface area contributed by atoms with Gasteiger partial charge in [-0.1, -0.05) is 26.0 Å². The van der Waals surface area contributed by atoms with Crippen LogP contribution in [-0.2, 0) is 21.1 Å². The molecule has 2 nitrogen and oxygen atoms in total. The number of hydrogen-bond acceptors (Lipinski definition) is 2. The van der Waals surface area contributed by atoms with Crippen LogP contribution in [0.25, 0.3) is 0 Å². The number of hydrogen-bond donors (Lipinski definition) is 1. The molecule has 0 unspecified atom stereocenters. The molecule has 1 heterocycles. The molecule has 0 atom stereocenters. The molecular weight excluding hydrogens is 308 g/mol. The molecule has 1 rings (SSSR count). The van der Waals surface area contributed by atoms with Crippen LogP contribution in [0.1, 0.15) is 25.3 Å². The molecule has 0 saturated heterocycles. The summed E-state index contributed by atoms with van der Waals surface area (Å²) in [6.07, 6.45) is 1.62. The normalized spacial score (nSPS) is 9.36. The Hall–Kier alpha value is -0.362. The molecule has 0 aromatic carbocycles. The van der Waals surface area contributed by atoms with Gasteiger partial charge in [0.2, 0.25) is 0 Å². The number of anilines is 1. The Labute approximate surface area is 81.5 Å². The average molecular weight is 319 g/mol. The van der Waals surface area contributed by atoms with Crippen molar-refractivity contribution in [2.75, 3.05) is 5.73 Å². The Kier molecular flexibility index (Phi) is 4.35. The van der Waals surface area contributed by atoms with E-state index in [2.05, 4.69) is 24.9 Å². The number of nitrogen functional groups attached to an aromatic ring is 1. The summed E-state index contributed by atoms with van der Waals surface area (Å²) in [6.45, 7) is 4.20. The molecule has 60 valence electrons. The molecule has 0 bridgehead atoms. The monoisotopic (exact) mass is 319 g/mol. The fourth-order valence-electron chi connectivity index (χ4n) is 0.753. The van der Waals surface area contributed by atoms with Crippen molar-refractivity contribution in [2.45, 2.75) is 19.8 Å². The van der Waals surface area contributed by atoms with Crippen molar-refractivity contribution in [2.24, 2.45) is 0 Å². The quantitative estimate of drug-likeness (QED) is 0.799. The molecule has 0 spiro atoms. The van der Waals surface area contributed by atoms with E-state index >= 15 is 0 Å². The van der Waals surface area contributed by atoms with Gasteiger partial charge in [-0.05, 0) is 0 Å². The van der Waals surface area contributed by atoms with Gasteiger partial charge in [-0.2, -0.15) is 6.07 Å². The predicted molar refractivity (Wildman–Crippen MR) is 41.6 cm³/mol. The van der Waals surface area contributed by atoms with E-state index in [4.69, 9.17) is 5.73 Å². The first-order valence-electron chi connectivity index (χ1n) is 3.33. The summed E-state index contributed by atoms with van der Waals surface area (Å²) < 4.78 is 0. The zero-order valence-corrected chi connectivity index (χ0v) is 9.60. The van der Waals surface area contributed by atoms with Crippen LogP contribution >= 0.6 is 0 Å². The van der Waals surface area contributed by atoms with Gasteiger partial charge in [0.25, 0.3) is 0 Å². The van der Waals surface area contributed by atoms with Crippen molar-refractivity contribution in [3.63, 3.8) is 0 Å². The van der Waals surface area contributed by atoms with Crippen LogP contribution in [0.15, 0.2) is 12.3 Å². The summed E-state index contributed by atoms with van der Waals surface area (Å²) in [4.78, 5) is 3.84. The molecule has 0 fully saturated rings. The minimum absolute atomic E-state index is 0. The van der Waals surface area contributed by atoms with Gasteiger partial charge in [-0.15, -0.1) is 0 Å². The van der Waals surface area contributed by atoms with Crippen molar-refractivity contribution in [3.8, 4) is 0 Å². The van der Waals surface area contributed by atoms with Crippen LogP contribution in [0, 0.1) is 6.07 Å². The van der Waals surface area contributed by atoms with Crippen molar-refractivity contribution >= 4 is 5.82 Å². The van der Waals surface area contributed by atoms with E-state index in [1.165, 1.54) is 0 Å². The van der Waals surface area contributed by atoms with Gasteiger partial charge in [-0.3, -0.25) is 4.98 Å². The van der Waals surface area contributed by atoms with E-state index < -0.39 is 0 Å². The fraction of sp³-hybridized carbons (Fsp3) is 0.375. The molecule has 11 heavy (non-hydrogen) atoms. The topological polar surface area (TPSA) is 38.9 Å². The van der Waals surface area contributed by atoms with Crippen molar-refractivity contribution < 1.29 is 21.1 Å². The predicted octanol–water partition coefficient (Wildman–Crippen LogP) is 1.58. The Bertz CT molecular complexity index is 223. The molecule has 1 aromatic rings. The van der Waals surface area contributed by atoms with E-state index in [9.17, 15) is 0 Å². The Morgan fingerprint density at radius 2 is 2.18 bits per heavy atom. The third-order valence-electron chi connectivity index (χ3n) is 1.37. The minimum atomic E-state index is 0. The van der Waals surface area contributed by atoms with E-state index in [0.29, 0.717) is 11.7 Å². The summed E-state index contributed by atoms with van der Waals surface area (Å²) in [6, 6.07) is 4.87. The zero-order valence-electron chi connectivity index (χ0n) is 6.66. The molecule has 3 heteroatoms. The molecule has 2 N–H and O–H groups in total. The number of aromatic nitrogens is 1. The SMILES string of the molecule is CC(C)c1[c-]cnc(N)c1.[W]. The molecule has 0 aliphatic heterocycles. The Morgan fingerprint density at radius 1 is 1.55 bits per heavy atom. The second kappa shape index (κ2) is 4.50. The summed E-state index contributed by atoms with van der Waals surface area (Å²) in [7, 11) is 0. The number of nitrogens with two attached hydrogens (primary N) is 1. The number of nitrogens with zero attached hydrogens (tertiary/aromatic N) is 1. The molecule has 0 aliphatic rings. The first-order chi connectivity index (χ1) is 4.70. The summed E-state index contributed by atoms with van der Waals surface area (Å²) in [5, 5.41) is 0. The molecule has 0 radical (unpaired) electrons. The van der Waals surface area contributed by atoms with Gasteiger partial charge in [0.05, 0.1) is 0 Å². The van der Waals surface area contributed by atoms with Crippen LogP contribution < -0.4 is 5.73 Å². The van der Waals surface area contributed by atoms with E-state index in [1.807, 2.05) is 6.07 Å². The Morgan fingerprint density at radius 3 is 2.55 bits per heavy atom. The van der Waals surface area contributed by atoms with Crippen LogP contribution in [-0.4, -0.2) is 4.98 Å². The third kappa shape index (κ3) is 3.02. The summed E-state index contributed by atoms with van der Waals surface area (Å²) in [5.74, 6) is 1.05. The standard InChI is InChI=1S/C8H11N2.W/c1-6(2)7-3-4-10-8(9)5-7;/h4-6H,1-2H3,(H2,9,10);/q-1;. The van der Waals surface area contributed by atoms with Gasteiger partial charge >= 0.3 is 0 Å². The largest absolute Gasteiger partial charge is 0.399 e. The van der Waals surface area contributed by atoms with Crippen LogP contribution in [0.2, 0.25) is 0 Å². The first kappa shape index (κ1) is 10.6. The molecule has 0 aliphatic carbocycles. The van der Waals surface area contributed by atoms with Crippen LogP contribution in [0.5, 0.6) is 0 Å². The summed E-state index contributed by atoms with van der Waals surface area (Å²) >= 11 is 0. The molecule has 0 saturated carbocycles. The fourth-order valence-corrected chi connectivity index (χ4v) is 0.753. The van der Waals surface area contributed by atoms with Gasteiger partial charge in [-0.25, -0.2) is 11.6 Å². The van der Waals surface area contributed by atoms with Crippen molar-refractivity contribution in [1.29, 1.82) is 0 Å². The minimum Gasteiger partial charge on any atom is -0.399 e. The van der Waals surface area contributed by atoms with Crippen molar-refractivity contribution in [1.82, 2.24) is 4.98 Å². The average Bonchev–Trinajstić information content (AvgIpc) is 1.88. The maximum Gasteiger partial charge on any atom is 0.0384 e. The first-order valence-corrected chi connectivity index (χ1v) is 3.33. The van der Waals surface area contributed by atoms with Crippen LogP contribution in [0.3, 0.4) is 0 Å². The molecule has 1 aromatic heterocycles. The third-order valence-corrected chi connectivity index (χ3v) is 1.37. The smallest absolute Gasteiger partial charge is 0.0384 e. The van der Waals surface area contributed by atoms with Crippen molar-refractivity contribution in [3.05, 3.63) is 23.9 Å². The van der Waals surface area contributed by atoms with Gasteiger partial charge in [0, 0.05) is 26.9 Å². The summed E-state index contributed by atoms with van der Waals surface area (Å²) in [5.41, 5.74) is 6.58. The zero-order chi connectivity index (χ0) is 7.56. The maximum absolute atomic E-state index is 5.47. The van der Waals surface area contributed by atoms with Gasteiger partial charge in [0.1, 0.15) is 0 Å². The second-order valence-corrected chi connectivity index (χ2v) is 2.58. The second-order valence-electron chi connectivity index (χ2n) is 2.58. The van der Waals surface area contributed by atoms with Gasteiger partial charge in [0.15, 0.2) is 0 Å². The number of rotatable bonds is 1. The Balaban J connectivity index is 0.000001000. The van der Waals surface area contributed by atoms with E-state index in [0.717, 1.165) is 5.56 Å². The number of pyridine rings is 1.